The lowest BCUT2D eigenvalue weighted by atomic mass is 9.79. The zero-order valence-electron chi connectivity index (χ0n) is 12.0. The van der Waals surface area contributed by atoms with Crippen LogP contribution in [0.4, 0.5) is 5.82 Å². The molecule has 1 aliphatic heterocycles. The van der Waals surface area contributed by atoms with Gasteiger partial charge in [0.25, 0.3) is 0 Å². The van der Waals surface area contributed by atoms with E-state index in [9.17, 15) is 4.79 Å². The maximum Gasteiger partial charge on any atom is 0.498 e. The Balaban J connectivity index is 2.33. The van der Waals surface area contributed by atoms with Crippen LogP contribution < -0.4 is 11.2 Å². The second-order valence-corrected chi connectivity index (χ2v) is 5.82. The van der Waals surface area contributed by atoms with Crippen LogP contribution in [0.25, 0.3) is 0 Å². The maximum atomic E-state index is 11.3. The van der Waals surface area contributed by atoms with Gasteiger partial charge in [-0.05, 0) is 33.8 Å². The molecule has 19 heavy (non-hydrogen) atoms. The Labute approximate surface area is 113 Å². The zero-order valence-corrected chi connectivity index (χ0v) is 12.0. The Morgan fingerprint density at radius 2 is 1.74 bits per heavy atom. The molecule has 1 aromatic heterocycles. The first-order valence-corrected chi connectivity index (χ1v) is 6.27. The number of nitrogens with two attached hydrogens (primary N) is 1. The van der Waals surface area contributed by atoms with Crippen LogP contribution in [-0.4, -0.2) is 29.1 Å². The van der Waals surface area contributed by atoms with E-state index in [4.69, 9.17) is 15.0 Å². The van der Waals surface area contributed by atoms with Crippen molar-refractivity contribution in [1.29, 1.82) is 0 Å². The summed E-state index contributed by atoms with van der Waals surface area (Å²) in [4.78, 5) is 15.3. The zero-order chi connectivity index (χ0) is 14.4. The molecule has 1 aromatic rings. The van der Waals surface area contributed by atoms with Gasteiger partial charge in [0, 0.05) is 12.4 Å². The summed E-state index contributed by atoms with van der Waals surface area (Å²) in [5.74, 6) is 0.151. The highest BCUT2D eigenvalue weighted by Gasteiger charge is 2.52. The van der Waals surface area contributed by atoms with E-state index in [-0.39, 0.29) is 11.6 Å². The molecule has 2 rings (SSSR count). The molecule has 0 aliphatic carbocycles. The summed E-state index contributed by atoms with van der Waals surface area (Å²) in [7, 11) is -0.557. The molecule has 1 fully saturated rings. The summed E-state index contributed by atoms with van der Waals surface area (Å²) >= 11 is 0. The van der Waals surface area contributed by atoms with Gasteiger partial charge in [-0.3, -0.25) is 4.79 Å². The highest BCUT2D eigenvalue weighted by molar-refractivity contribution is 6.63. The molecule has 2 heterocycles. The summed E-state index contributed by atoms with van der Waals surface area (Å²) in [5, 5.41) is 0. The average molecular weight is 262 g/mol. The fourth-order valence-electron chi connectivity index (χ4n) is 1.85. The fourth-order valence-corrected chi connectivity index (χ4v) is 1.85. The number of rotatable bonds is 2. The summed E-state index contributed by atoms with van der Waals surface area (Å²) in [6, 6.07) is 3.38. The second kappa shape index (κ2) is 4.32. The van der Waals surface area contributed by atoms with Crippen molar-refractivity contribution in [3.8, 4) is 0 Å². The van der Waals surface area contributed by atoms with Crippen molar-refractivity contribution in [1.82, 2.24) is 4.98 Å². The van der Waals surface area contributed by atoms with E-state index in [0.29, 0.717) is 11.2 Å². The van der Waals surface area contributed by atoms with Gasteiger partial charge in [0.1, 0.15) is 11.5 Å². The molecule has 0 amide bonds. The van der Waals surface area contributed by atoms with Gasteiger partial charge < -0.3 is 15.0 Å². The molecule has 0 aromatic carbocycles. The average Bonchev–Trinajstić information content (AvgIpc) is 2.47. The number of carbonyl (C=O) groups excluding carboxylic acids is 1. The molecule has 0 spiro atoms. The van der Waals surface area contributed by atoms with Gasteiger partial charge in [0.05, 0.1) is 11.2 Å². The molecule has 102 valence electrons. The number of nitrogens with zero attached hydrogens (tertiary/aromatic N) is 1. The van der Waals surface area contributed by atoms with Crippen molar-refractivity contribution < 1.29 is 14.1 Å². The predicted molar refractivity (Wildman–Crippen MR) is 74.4 cm³/mol. The van der Waals surface area contributed by atoms with Crippen molar-refractivity contribution in [2.45, 2.75) is 45.8 Å². The fraction of sp³-hybridized carbons (Fsp3) is 0.538. The maximum absolute atomic E-state index is 11.3. The van der Waals surface area contributed by atoms with Gasteiger partial charge in [-0.15, -0.1) is 0 Å². The van der Waals surface area contributed by atoms with Crippen LogP contribution in [0.2, 0.25) is 0 Å². The first-order valence-electron chi connectivity index (χ1n) is 6.27. The predicted octanol–water partition coefficient (Wildman–Crippen LogP) is 1.17. The van der Waals surface area contributed by atoms with Gasteiger partial charge >= 0.3 is 7.12 Å². The standard InChI is InChI=1S/C13H19BN2O3/c1-8(17)10-7-6-9(11(15)16-10)14-18-12(2,3)13(4,5)19-14/h6-7H,1-5H3,(H2,15,16). The summed E-state index contributed by atoms with van der Waals surface area (Å²) in [6.45, 7) is 9.35. The second-order valence-electron chi connectivity index (χ2n) is 5.82. The number of carbonyl (C=O) groups is 1. The number of aromatic nitrogens is 1. The van der Waals surface area contributed by atoms with Gasteiger partial charge in [0.15, 0.2) is 5.78 Å². The van der Waals surface area contributed by atoms with E-state index < -0.39 is 18.3 Å². The molecule has 1 saturated heterocycles. The molecule has 0 saturated carbocycles. The Morgan fingerprint density at radius 3 is 2.16 bits per heavy atom. The highest BCUT2D eigenvalue weighted by Crippen LogP contribution is 2.36. The normalized spacial score (nSPS) is 20.6. The SMILES string of the molecule is CC(=O)c1ccc(B2OC(C)(C)C(C)(C)O2)c(N)n1. The topological polar surface area (TPSA) is 74.4 Å². The third-order valence-corrected chi connectivity index (χ3v) is 3.83. The number of hydrogen-bond donors (Lipinski definition) is 1. The highest BCUT2D eigenvalue weighted by atomic mass is 16.7. The lowest BCUT2D eigenvalue weighted by molar-refractivity contribution is 0.00578. The molecule has 0 bridgehead atoms. The lowest BCUT2D eigenvalue weighted by Gasteiger charge is -2.32. The minimum atomic E-state index is -0.557. The van der Waals surface area contributed by atoms with Crippen molar-refractivity contribution in [2.24, 2.45) is 0 Å². The first kappa shape index (κ1) is 14.0. The number of Topliss-reactive ketones (excluding diaryl/α,β-unsaturated/α-hetero) is 1. The van der Waals surface area contributed by atoms with E-state index in [1.807, 2.05) is 27.7 Å². The number of nitrogen functional groups attached to an aromatic ring is 1. The van der Waals surface area contributed by atoms with Crippen molar-refractivity contribution >= 4 is 24.2 Å². The Hall–Kier alpha value is -1.40. The minimum absolute atomic E-state index is 0.118. The van der Waals surface area contributed by atoms with Crippen LogP contribution in [0.15, 0.2) is 12.1 Å². The molecule has 0 unspecified atom stereocenters. The van der Waals surface area contributed by atoms with Gasteiger partial charge in [-0.1, -0.05) is 6.07 Å². The molecule has 1 aliphatic rings. The number of ketones is 1. The number of pyridine rings is 1. The van der Waals surface area contributed by atoms with Gasteiger partial charge in [-0.2, -0.15) is 0 Å². The first-order chi connectivity index (χ1) is 8.64. The summed E-state index contributed by atoms with van der Waals surface area (Å²) in [6.07, 6.45) is 0. The Bertz CT molecular complexity index is 513. The third kappa shape index (κ3) is 2.38. The lowest BCUT2D eigenvalue weighted by Crippen LogP contribution is -2.41. The van der Waals surface area contributed by atoms with Gasteiger partial charge in [-0.25, -0.2) is 4.98 Å². The van der Waals surface area contributed by atoms with E-state index in [1.54, 1.807) is 12.1 Å². The Kier molecular flexibility index (Phi) is 3.19. The smallest absolute Gasteiger partial charge is 0.399 e. The van der Waals surface area contributed by atoms with Crippen LogP contribution in [0.3, 0.4) is 0 Å². The molecule has 0 atom stereocenters. The number of anilines is 1. The molecule has 5 nitrogen and oxygen atoms in total. The molecular weight excluding hydrogens is 243 g/mol. The molecule has 0 radical (unpaired) electrons. The van der Waals surface area contributed by atoms with Crippen molar-refractivity contribution in [3.05, 3.63) is 17.8 Å². The van der Waals surface area contributed by atoms with E-state index >= 15 is 0 Å². The van der Waals surface area contributed by atoms with Crippen LogP contribution >= 0.6 is 0 Å². The van der Waals surface area contributed by atoms with E-state index in [2.05, 4.69) is 4.98 Å². The minimum Gasteiger partial charge on any atom is -0.399 e. The van der Waals surface area contributed by atoms with Crippen LogP contribution in [0, 0.1) is 0 Å². The molecule has 6 heteroatoms. The van der Waals surface area contributed by atoms with Crippen LogP contribution in [-0.2, 0) is 9.31 Å². The summed E-state index contributed by atoms with van der Waals surface area (Å²) < 4.78 is 11.8. The Morgan fingerprint density at radius 1 is 1.21 bits per heavy atom. The van der Waals surface area contributed by atoms with Crippen molar-refractivity contribution in [2.75, 3.05) is 5.73 Å². The molecular formula is C13H19BN2O3. The quantitative estimate of drug-likeness (QED) is 0.639. The third-order valence-electron chi connectivity index (χ3n) is 3.83. The van der Waals surface area contributed by atoms with Gasteiger partial charge in [0.2, 0.25) is 0 Å². The van der Waals surface area contributed by atoms with E-state index in [0.717, 1.165) is 0 Å². The van der Waals surface area contributed by atoms with Crippen LogP contribution in [0.1, 0.15) is 45.1 Å². The largest absolute Gasteiger partial charge is 0.498 e. The van der Waals surface area contributed by atoms with Crippen molar-refractivity contribution in [3.63, 3.8) is 0 Å². The monoisotopic (exact) mass is 262 g/mol. The molecule has 2 N–H and O–H groups in total. The van der Waals surface area contributed by atoms with E-state index in [1.165, 1.54) is 6.92 Å². The number of hydrogen-bond acceptors (Lipinski definition) is 5. The summed E-state index contributed by atoms with van der Waals surface area (Å²) in [5.41, 5.74) is 6.04. The van der Waals surface area contributed by atoms with Crippen LogP contribution in [0.5, 0.6) is 0 Å².